The third-order valence-corrected chi connectivity index (χ3v) is 6.37. The van der Waals surface area contributed by atoms with Crippen molar-refractivity contribution in [3.05, 3.63) is 23.8 Å². The summed E-state index contributed by atoms with van der Waals surface area (Å²) in [5, 5.41) is 7.46. The van der Waals surface area contributed by atoms with Gasteiger partial charge in [-0.05, 0) is 58.6 Å². The zero-order chi connectivity index (χ0) is 15.2. The molecular formula is C15H19N3O3S. The normalized spacial score (nSPS) is 27.7. The van der Waals surface area contributed by atoms with Crippen LogP contribution in [0.15, 0.2) is 22.8 Å². The molecule has 0 spiro atoms. The van der Waals surface area contributed by atoms with Crippen LogP contribution in [-0.2, 0) is 15.8 Å². The number of nitrogens with zero attached hydrogens (tertiary/aromatic N) is 2. The lowest BCUT2D eigenvalue weighted by Crippen LogP contribution is -2.27. The van der Waals surface area contributed by atoms with Crippen molar-refractivity contribution in [3.8, 4) is 0 Å². The Morgan fingerprint density at radius 3 is 2.64 bits per heavy atom. The van der Waals surface area contributed by atoms with Crippen molar-refractivity contribution in [2.45, 2.75) is 31.4 Å². The highest BCUT2D eigenvalue weighted by molar-refractivity contribution is 7.88. The van der Waals surface area contributed by atoms with E-state index in [9.17, 15) is 8.42 Å². The molecule has 6 nitrogen and oxygen atoms in total. The number of fused-ring (bicyclic) bond motifs is 2. The summed E-state index contributed by atoms with van der Waals surface area (Å²) < 4.78 is 31.9. The van der Waals surface area contributed by atoms with Gasteiger partial charge < -0.3 is 0 Å². The Kier molecular flexibility index (Phi) is 3.41. The smallest absolute Gasteiger partial charge is 0.215 e. The lowest BCUT2D eigenvalue weighted by molar-refractivity contribution is 0.315. The molecule has 0 radical (unpaired) electrons. The average Bonchev–Trinajstić information content (AvgIpc) is 3.00. The topological polar surface area (TPSA) is 85.1 Å². The minimum Gasteiger partial charge on any atom is -0.243 e. The molecule has 2 aromatic rings. The molecule has 0 saturated heterocycles. The van der Waals surface area contributed by atoms with Crippen molar-refractivity contribution in [2.75, 3.05) is 6.54 Å². The molecule has 0 bridgehead atoms. The van der Waals surface area contributed by atoms with Crippen molar-refractivity contribution in [3.63, 3.8) is 0 Å². The molecule has 1 aromatic carbocycles. The van der Waals surface area contributed by atoms with Crippen molar-refractivity contribution >= 4 is 21.1 Å². The second-order valence-electron chi connectivity index (χ2n) is 6.47. The summed E-state index contributed by atoms with van der Waals surface area (Å²) in [6.45, 7) is 0.589. The Labute approximate surface area is 129 Å². The predicted molar refractivity (Wildman–Crippen MR) is 81.4 cm³/mol. The van der Waals surface area contributed by atoms with Gasteiger partial charge in [0.15, 0.2) is 0 Å². The van der Waals surface area contributed by atoms with Crippen LogP contribution in [-0.4, -0.2) is 25.3 Å². The van der Waals surface area contributed by atoms with Gasteiger partial charge in [0, 0.05) is 6.54 Å². The van der Waals surface area contributed by atoms with Crippen LogP contribution in [0.2, 0.25) is 0 Å². The highest BCUT2D eigenvalue weighted by atomic mass is 32.2. The van der Waals surface area contributed by atoms with E-state index in [4.69, 9.17) is 0 Å². The maximum absolute atomic E-state index is 12.2. The first-order valence-corrected chi connectivity index (χ1v) is 9.46. The quantitative estimate of drug-likeness (QED) is 0.911. The van der Waals surface area contributed by atoms with Crippen molar-refractivity contribution < 1.29 is 13.0 Å². The first-order chi connectivity index (χ1) is 10.6. The number of nitrogens with one attached hydrogen (secondary N) is 1. The molecule has 22 heavy (non-hydrogen) atoms. The number of sulfonamides is 1. The van der Waals surface area contributed by atoms with E-state index in [1.807, 2.05) is 0 Å². The maximum Gasteiger partial charge on any atom is 0.215 e. The molecule has 1 aromatic heterocycles. The SMILES string of the molecule is O=S(=O)(Cc1ccc2nonc2c1)NCC1[C@H]2CCCC[C@@H]12. The molecule has 0 amide bonds. The fourth-order valence-electron chi connectivity index (χ4n) is 3.85. The molecule has 118 valence electrons. The Bertz CT molecular complexity index is 774. The van der Waals surface area contributed by atoms with Crippen LogP contribution in [0.25, 0.3) is 11.0 Å². The van der Waals surface area contributed by atoms with Gasteiger partial charge in [0.2, 0.25) is 10.0 Å². The van der Waals surface area contributed by atoms with E-state index < -0.39 is 10.0 Å². The minimum atomic E-state index is -3.31. The van der Waals surface area contributed by atoms with Crippen LogP contribution >= 0.6 is 0 Å². The van der Waals surface area contributed by atoms with E-state index in [0.29, 0.717) is 29.1 Å². The monoisotopic (exact) mass is 321 g/mol. The first kappa shape index (κ1) is 14.1. The van der Waals surface area contributed by atoms with Gasteiger partial charge in [-0.3, -0.25) is 0 Å². The van der Waals surface area contributed by atoms with Gasteiger partial charge in [0.05, 0.1) is 5.75 Å². The van der Waals surface area contributed by atoms with Gasteiger partial charge >= 0.3 is 0 Å². The van der Waals surface area contributed by atoms with E-state index in [2.05, 4.69) is 19.7 Å². The summed E-state index contributed by atoms with van der Waals surface area (Å²) >= 11 is 0. The maximum atomic E-state index is 12.2. The summed E-state index contributed by atoms with van der Waals surface area (Å²) in [5.41, 5.74) is 1.92. The number of rotatable bonds is 5. The molecule has 7 heteroatoms. The second-order valence-corrected chi connectivity index (χ2v) is 8.28. The highest BCUT2D eigenvalue weighted by Crippen LogP contribution is 2.54. The fourth-order valence-corrected chi connectivity index (χ4v) is 5.02. The van der Waals surface area contributed by atoms with Gasteiger partial charge in [-0.25, -0.2) is 17.8 Å². The summed E-state index contributed by atoms with van der Waals surface area (Å²) in [6, 6.07) is 5.19. The summed E-state index contributed by atoms with van der Waals surface area (Å²) in [4.78, 5) is 0. The predicted octanol–water partition coefficient (Wildman–Crippen LogP) is 2.08. The van der Waals surface area contributed by atoms with Crippen LogP contribution in [0.5, 0.6) is 0 Å². The first-order valence-electron chi connectivity index (χ1n) is 7.81. The van der Waals surface area contributed by atoms with Crippen LogP contribution in [0.4, 0.5) is 0 Å². The molecule has 2 fully saturated rings. The molecule has 1 unspecified atom stereocenters. The zero-order valence-corrected chi connectivity index (χ0v) is 13.1. The third-order valence-electron chi connectivity index (χ3n) is 5.05. The molecule has 4 rings (SSSR count). The zero-order valence-electron chi connectivity index (χ0n) is 12.2. The Balaban J connectivity index is 1.38. The number of benzene rings is 1. The third kappa shape index (κ3) is 2.75. The van der Waals surface area contributed by atoms with Gasteiger partial charge in [0.1, 0.15) is 11.0 Å². The van der Waals surface area contributed by atoms with Crippen LogP contribution in [0, 0.1) is 17.8 Å². The second kappa shape index (κ2) is 5.31. The Morgan fingerprint density at radius 1 is 1.14 bits per heavy atom. The van der Waals surface area contributed by atoms with E-state index in [1.54, 1.807) is 18.2 Å². The molecule has 3 atom stereocenters. The van der Waals surface area contributed by atoms with Crippen LogP contribution in [0.3, 0.4) is 0 Å². The van der Waals surface area contributed by atoms with Gasteiger partial charge in [0.25, 0.3) is 0 Å². The lowest BCUT2D eigenvalue weighted by atomic mass is 10.0. The summed E-state index contributed by atoms with van der Waals surface area (Å²) in [6.07, 6.45) is 5.14. The molecule has 1 N–H and O–H groups in total. The van der Waals surface area contributed by atoms with Crippen molar-refractivity contribution in [1.82, 2.24) is 15.0 Å². The molecule has 2 aliphatic rings. The summed E-state index contributed by atoms with van der Waals surface area (Å²) in [5.74, 6) is 2.04. The number of aromatic nitrogens is 2. The standard InChI is InChI=1S/C15H19N3O3S/c19-22(20,16-8-13-11-3-1-2-4-12(11)13)9-10-5-6-14-15(7-10)18-21-17-14/h5-7,11-13,16H,1-4,8-9H2/t11-,12+,13?. The number of hydrogen-bond acceptors (Lipinski definition) is 5. The van der Waals surface area contributed by atoms with Crippen LogP contribution < -0.4 is 4.72 Å². The molecule has 2 aliphatic carbocycles. The largest absolute Gasteiger partial charge is 0.243 e. The Hall–Kier alpha value is -1.47. The highest BCUT2D eigenvalue weighted by Gasteiger charge is 2.50. The molecule has 0 aliphatic heterocycles. The molecular weight excluding hydrogens is 302 g/mol. The van der Waals surface area contributed by atoms with E-state index >= 15 is 0 Å². The van der Waals surface area contributed by atoms with Gasteiger partial charge in [-0.15, -0.1) is 0 Å². The molecule has 2 saturated carbocycles. The Morgan fingerprint density at radius 2 is 1.86 bits per heavy atom. The average molecular weight is 321 g/mol. The van der Waals surface area contributed by atoms with Gasteiger partial charge in [-0.2, -0.15) is 0 Å². The molecule has 1 heterocycles. The lowest BCUT2D eigenvalue weighted by Gasteiger charge is -2.06. The van der Waals surface area contributed by atoms with E-state index in [-0.39, 0.29) is 5.75 Å². The summed E-state index contributed by atoms with van der Waals surface area (Å²) in [7, 11) is -3.31. The number of hydrogen-bond donors (Lipinski definition) is 1. The van der Waals surface area contributed by atoms with Gasteiger partial charge in [-0.1, -0.05) is 18.9 Å². The van der Waals surface area contributed by atoms with Crippen LogP contribution in [0.1, 0.15) is 31.2 Å². The van der Waals surface area contributed by atoms with Crippen molar-refractivity contribution in [2.24, 2.45) is 17.8 Å². The van der Waals surface area contributed by atoms with E-state index in [0.717, 1.165) is 11.8 Å². The van der Waals surface area contributed by atoms with E-state index in [1.165, 1.54) is 25.7 Å². The fraction of sp³-hybridized carbons (Fsp3) is 0.600. The van der Waals surface area contributed by atoms with Crippen molar-refractivity contribution in [1.29, 1.82) is 0 Å². The minimum absolute atomic E-state index is 0.0299.